The van der Waals surface area contributed by atoms with Crippen LogP contribution in [0, 0.1) is 0 Å². The fraction of sp³-hybridized carbons (Fsp3) is 0.864. The van der Waals surface area contributed by atoms with Gasteiger partial charge in [-0.25, -0.2) is 8.42 Å². The van der Waals surface area contributed by atoms with Crippen molar-refractivity contribution in [2.45, 2.75) is 109 Å². The second-order valence-electron chi connectivity index (χ2n) is 7.72. The van der Waals surface area contributed by atoms with Gasteiger partial charge in [-0.15, -0.1) is 0 Å². The van der Waals surface area contributed by atoms with Crippen LogP contribution in [0.1, 0.15) is 104 Å². The third-order valence-corrected chi connectivity index (χ3v) is 5.52. The third kappa shape index (κ3) is 27.9. The second kappa shape index (κ2) is 24.9. The molecule has 0 aromatic rings. The number of rotatable bonds is 18. The predicted molar refractivity (Wildman–Crippen MR) is 129 cm³/mol. The maximum absolute atomic E-state index is 11.9. The third-order valence-electron chi connectivity index (χ3n) is 4.47. The number of esters is 2. The largest absolute Gasteiger partial charge is 1.00 e. The van der Waals surface area contributed by atoms with Crippen molar-refractivity contribution in [3.63, 3.8) is 0 Å². The van der Waals surface area contributed by atoms with Crippen LogP contribution in [0.2, 0.25) is 0 Å². The summed E-state index contributed by atoms with van der Waals surface area (Å²) in [5.74, 6) is -2.03. The average Bonchev–Trinajstić information content (AvgIpc) is 2.69. The summed E-state index contributed by atoms with van der Waals surface area (Å²) in [6.45, 7) is 6.12. The van der Waals surface area contributed by atoms with Crippen molar-refractivity contribution in [2.24, 2.45) is 5.73 Å². The molecule has 0 spiro atoms. The van der Waals surface area contributed by atoms with E-state index >= 15 is 0 Å². The molecule has 33 heavy (non-hydrogen) atoms. The Morgan fingerprint density at radius 2 is 1.21 bits per heavy atom. The summed E-state index contributed by atoms with van der Waals surface area (Å²) in [5.41, 5.74) is 4.84. The number of carbonyl (C=O) groups is 2. The van der Waals surface area contributed by atoms with Crippen LogP contribution in [0.15, 0.2) is 0 Å². The maximum Gasteiger partial charge on any atom is 1.00 e. The van der Waals surface area contributed by atoms with Gasteiger partial charge >= 0.3 is 41.5 Å². The summed E-state index contributed by atoms with van der Waals surface area (Å²) in [5, 5.41) is -2.04. The molecule has 0 saturated carbocycles. The molecule has 0 radical (unpaired) electrons. The van der Waals surface area contributed by atoms with E-state index in [0.717, 1.165) is 57.8 Å². The van der Waals surface area contributed by atoms with Crippen molar-refractivity contribution in [2.75, 3.05) is 13.2 Å². The fourth-order valence-electron chi connectivity index (χ4n) is 2.73. The molecule has 1 atom stereocenters. The number of hydrogen-bond acceptors (Lipinski definition) is 8. The van der Waals surface area contributed by atoms with Gasteiger partial charge in [0, 0.05) is 0 Å². The van der Waals surface area contributed by atoms with Crippen molar-refractivity contribution >= 4 is 39.3 Å². The quantitative estimate of drug-likeness (QED) is 0.0936. The van der Waals surface area contributed by atoms with Gasteiger partial charge in [0.15, 0.2) is 5.25 Å². The zero-order valence-corrected chi connectivity index (χ0v) is 24.6. The number of carbonyl (C=O) groups excluding carboxylic acids is 2. The van der Waals surface area contributed by atoms with Crippen molar-refractivity contribution in [1.29, 1.82) is 0 Å². The Morgan fingerprint density at radius 1 is 0.848 bits per heavy atom. The summed E-state index contributed by atoms with van der Waals surface area (Å²) < 4.78 is 43.8. The fourth-order valence-corrected chi connectivity index (χ4v) is 3.37. The van der Waals surface area contributed by atoms with Gasteiger partial charge in [-0.3, -0.25) is 9.59 Å². The standard InChI is InChI=1S/C20H38O7S.C2H5NS.Na/c1-3-5-7-9-11-13-15-26-19(21)17-18(28(23,24)25)20(22)27-16-14-12-10-8-6-4-2;1-2(3)4;/h18H,3-17H2,1-2H3,(H,23,24,25);1H3,(H2,3,4);/q;;+1/p-1. The monoisotopic (exact) mass is 519 g/mol. The Balaban J connectivity index is -0.00000165. The normalized spacial score (nSPS) is 11.4. The van der Waals surface area contributed by atoms with Gasteiger partial charge < -0.3 is 19.8 Å². The molecule has 0 aromatic heterocycles. The Kier molecular flexibility index (Phi) is 28.1. The Labute approximate surface area is 228 Å². The molecule has 0 aliphatic heterocycles. The number of nitrogens with two attached hydrogens (primary N) is 1. The second-order valence-corrected chi connectivity index (χ2v) is 9.92. The number of unbranched alkanes of at least 4 members (excludes halogenated alkanes) is 10. The smallest absolute Gasteiger partial charge is 0.747 e. The van der Waals surface area contributed by atoms with Crippen molar-refractivity contribution in [3.8, 4) is 0 Å². The van der Waals surface area contributed by atoms with E-state index in [-0.39, 0.29) is 42.8 Å². The van der Waals surface area contributed by atoms with Crippen LogP contribution in [0.25, 0.3) is 0 Å². The molecule has 0 saturated heterocycles. The van der Waals surface area contributed by atoms with E-state index in [9.17, 15) is 22.6 Å². The molecule has 0 aromatic carbocycles. The molecular weight excluding hydrogens is 477 g/mol. The Morgan fingerprint density at radius 3 is 1.61 bits per heavy atom. The first-order chi connectivity index (χ1) is 15.1. The van der Waals surface area contributed by atoms with Crippen molar-refractivity contribution in [3.05, 3.63) is 0 Å². The molecule has 0 aliphatic carbocycles. The molecule has 0 aliphatic rings. The summed E-state index contributed by atoms with van der Waals surface area (Å²) >= 11 is 4.31. The zero-order valence-electron chi connectivity index (χ0n) is 20.9. The minimum absolute atomic E-state index is 0. The predicted octanol–water partition coefficient (Wildman–Crippen LogP) is 1.39. The number of hydrogen-bond donors (Lipinski definition) is 1. The molecule has 190 valence electrons. The summed E-state index contributed by atoms with van der Waals surface area (Å²) in [4.78, 5) is 24.2. The molecule has 8 nitrogen and oxygen atoms in total. The molecule has 11 heteroatoms. The first-order valence-corrected chi connectivity index (χ1v) is 13.5. The van der Waals surface area contributed by atoms with Crippen molar-refractivity contribution < 1.29 is 61.6 Å². The van der Waals surface area contributed by atoms with Crippen LogP contribution in [-0.4, -0.2) is 48.4 Å². The SMILES string of the molecule is CC(N)=S.CCCCCCCCOC(=O)CC(C(=O)OCCCCCCCC)S(=O)(=O)[O-].[Na+]. The van der Waals surface area contributed by atoms with E-state index in [2.05, 4.69) is 26.1 Å². The van der Waals surface area contributed by atoms with Gasteiger partial charge in [-0.1, -0.05) is 90.3 Å². The summed E-state index contributed by atoms with van der Waals surface area (Å²) in [6.07, 6.45) is 11.2. The van der Waals surface area contributed by atoms with Crippen LogP contribution in [0.3, 0.4) is 0 Å². The van der Waals surface area contributed by atoms with Crippen LogP contribution < -0.4 is 35.3 Å². The molecule has 0 fully saturated rings. The van der Waals surface area contributed by atoms with E-state index in [1.807, 2.05) is 0 Å². The molecular formula is C22H42NNaO7S2. The number of thiocarbonyl (C=S) groups is 1. The Hall–Kier alpha value is -0.260. The number of ether oxygens (including phenoxy) is 2. The van der Waals surface area contributed by atoms with Gasteiger partial charge in [-0.2, -0.15) is 0 Å². The minimum Gasteiger partial charge on any atom is -0.747 e. The first kappa shape index (κ1) is 37.3. The van der Waals surface area contributed by atoms with Crippen LogP contribution in [-0.2, 0) is 29.2 Å². The summed E-state index contributed by atoms with van der Waals surface area (Å²) in [7, 11) is -4.98. The zero-order chi connectivity index (χ0) is 24.8. The van der Waals surface area contributed by atoms with Gasteiger partial charge in [0.1, 0.15) is 10.1 Å². The molecule has 0 heterocycles. The van der Waals surface area contributed by atoms with Gasteiger partial charge in [0.05, 0.1) is 24.6 Å². The van der Waals surface area contributed by atoms with Crippen molar-refractivity contribution in [1.82, 2.24) is 0 Å². The van der Waals surface area contributed by atoms with Gasteiger partial charge in [-0.05, 0) is 19.8 Å². The first-order valence-electron chi connectivity index (χ1n) is 11.6. The average molecular weight is 520 g/mol. The van der Waals surface area contributed by atoms with E-state index < -0.39 is 33.7 Å². The van der Waals surface area contributed by atoms with Gasteiger partial charge in [0.25, 0.3) is 0 Å². The Bertz CT molecular complexity index is 612. The van der Waals surface area contributed by atoms with Crippen LogP contribution >= 0.6 is 12.2 Å². The maximum atomic E-state index is 11.9. The van der Waals surface area contributed by atoms with E-state index in [1.165, 1.54) is 6.42 Å². The van der Waals surface area contributed by atoms with E-state index in [0.29, 0.717) is 17.8 Å². The molecule has 0 amide bonds. The molecule has 2 N–H and O–H groups in total. The minimum atomic E-state index is -4.98. The van der Waals surface area contributed by atoms with Crippen LogP contribution in [0.5, 0.6) is 0 Å². The van der Waals surface area contributed by atoms with Crippen LogP contribution in [0.4, 0.5) is 0 Å². The molecule has 1 unspecified atom stereocenters. The van der Waals surface area contributed by atoms with Gasteiger partial charge in [0.2, 0.25) is 0 Å². The molecule has 0 bridgehead atoms. The topological polar surface area (TPSA) is 136 Å². The summed E-state index contributed by atoms with van der Waals surface area (Å²) in [6, 6.07) is 0. The molecule has 0 rings (SSSR count). The van der Waals surface area contributed by atoms with E-state index in [1.54, 1.807) is 6.92 Å². The van der Waals surface area contributed by atoms with E-state index in [4.69, 9.17) is 15.2 Å².